The van der Waals surface area contributed by atoms with Crippen molar-refractivity contribution in [3.8, 4) is 5.75 Å². The lowest BCUT2D eigenvalue weighted by Gasteiger charge is -2.22. The molecule has 0 spiro atoms. The van der Waals surface area contributed by atoms with Gasteiger partial charge >= 0.3 is 6.61 Å². The van der Waals surface area contributed by atoms with Crippen LogP contribution in [0.25, 0.3) is 0 Å². The molecule has 5 nitrogen and oxygen atoms in total. The first-order chi connectivity index (χ1) is 12.8. The van der Waals surface area contributed by atoms with E-state index in [1.54, 1.807) is 18.2 Å². The highest BCUT2D eigenvalue weighted by molar-refractivity contribution is 6.01. The number of hydrogen-bond acceptors (Lipinski definition) is 3. The molecule has 0 aromatic heterocycles. The van der Waals surface area contributed by atoms with Crippen molar-refractivity contribution in [2.75, 3.05) is 5.32 Å². The molecule has 2 rings (SSSR count). The Morgan fingerprint density at radius 1 is 1.04 bits per heavy atom. The van der Waals surface area contributed by atoms with Crippen LogP contribution in [0, 0.1) is 12.8 Å². The summed E-state index contributed by atoms with van der Waals surface area (Å²) < 4.78 is 28.6. The zero-order valence-electron chi connectivity index (χ0n) is 15.3. The number of rotatable bonds is 7. The summed E-state index contributed by atoms with van der Waals surface area (Å²) in [4.78, 5) is 25.0. The fraction of sp³-hybridized carbons (Fsp3) is 0.300. The van der Waals surface area contributed by atoms with Crippen molar-refractivity contribution in [2.45, 2.75) is 33.4 Å². The lowest BCUT2D eigenvalue weighted by Crippen LogP contribution is -2.47. The van der Waals surface area contributed by atoms with Gasteiger partial charge in [-0.15, -0.1) is 0 Å². The number of nitrogens with one attached hydrogen (secondary N) is 2. The minimum Gasteiger partial charge on any atom is -0.435 e. The van der Waals surface area contributed by atoms with Crippen molar-refractivity contribution < 1.29 is 23.1 Å². The summed E-state index contributed by atoms with van der Waals surface area (Å²) in [6, 6.07) is 11.9. The normalized spacial score (nSPS) is 12.0. The molecule has 0 aliphatic carbocycles. The summed E-state index contributed by atoms with van der Waals surface area (Å²) in [6.45, 7) is 2.61. The van der Waals surface area contributed by atoms with Gasteiger partial charge in [0.05, 0.1) is 0 Å². The molecule has 0 fully saturated rings. The molecule has 2 aromatic rings. The summed E-state index contributed by atoms with van der Waals surface area (Å²) in [7, 11) is 0. The molecule has 0 unspecified atom stereocenters. The van der Waals surface area contributed by atoms with Gasteiger partial charge in [-0.3, -0.25) is 9.59 Å². The second-order valence-electron chi connectivity index (χ2n) is 6.46. The highest BCUT2D eigenvalue weighted by atomic mass is 19.3. The molecular formula is C20H22F2N2O3. The van der Waals surface area contributed by atoms with Gasteiger partial charge in [0.1, 0.15) is 11.8 Å². The van der Waals surface area contributed by atoms with Crippen molar-refractivity contribution in [3.05, 3.63) is 59.7 Å². The van der Waals surface area contributed by atoms with Crippen molar-refractivity contribution in [3.63, 3.8) is 0 Å². The lowest BCUT2D eigenvalue weighted by atomic mass is 10.0. The first-order valence-electron chi connectivity index (χ1n) is 8.49. The van der Waals surface area contributed by atoms with E-state index >= 15 is 0 Å². The average Bonchev–Trinajstić information content (AvgIpc) is 2.60. The van der Waals surface area contributed by atoms with Crippen LogP contribution in [0.3, 0.4) is 0 Å². The van der Waals surface area contributed by atoms with E-state index in [1.165, 1.54) is 24.3 Å². The van der Waals surface area contributed by atoms with Gasteiger partial charge in [-0.2, -0.15) is 8.78 Å². The summed E-state index contributed by atoms with van der Waals surface area (Å²) in [5, 5.41) is 5.42. The maximum absolute atomic E-state index is 12.6. The van der Waals surface area contributed by atoms with E-state index in [4.69, 9.17) is 0 Å². The number of ether oxygens (including phenoxy) is 1. The third kappa shape index (κ3) is 6.06. The standard InChI is InChI=1S/C20H22F2N2O3/c1-12(2)17(24-18(25)14-6-4-5-13(3)11-14)19(26)23-15-7-9-16(10-8-15)27-20(21)22/h4-12,17,20H,1-3H3,(H,23,26)(H,24,25)/t17-/m0/s1. The molecule has 0 bridgehead atoms. The lowest BCUT2D eigenvalue weighted by molar-refractivity contribution is -0.118. The molecular weight excluding hydrogens is 354 g/mol. The number of halogens is 2. The Morgan fingerprint density at radius 3 is 2.26 bits per heavy atom. The molecule has 0 aliphatic rings. The van der Waals surface area contributed by atoms with Gasteiger partial charge in [0, 0.05) is 11.3 Å². The summed E-state index contributed by atoms with van der Waals surface area (Å²) in [5.74, 6) is -0.891. The highest BCUT2D eigenvalue weighted by Crippen LogP contribution is 2.18. The Balaban J connectivity index is 2.05. The first kappa shape index (κ1) is 20.4. The van der Waals surface area contributed by atoms with Crippen LogP contribution in [0.1, 0.15) is 29.8 Å². The monoisotopic (exact) mass is 376 g/mol. The molecule has 0 saturated heterocycles. The number of anilines is 1. The first-order valence-corrected chi connectivity index (χ1v) is 8.49. The third-order valence-electron chi connectivity index (χ3n) is 3.86. The minimum atomic E-state index is -2.91. The zero-order chi connectivity index (χ0) is 20.0. The van der Waals surface area contributed by atoms with Crippen LogP contribution in [0.5, 0.6) is 5.75 Å². The van der Waals surface area contributed by atoms with E-state index in [0.717, 1.165) is 5.56 Å². The predicted molar refractivity (Wildman–Crippen MR) is 99.0 cm³/mol. The minimum absolute atomic E-state index is 0.00356. The predicted octanol–water partition coefficient (Wildman–Crippen LogP) is 3.99. The third-order valence-corrected chi connectivity index (χ3v) is 3.86. The van der Waals surface area contributed by atoms with Crippen LogP contribution in [0.2, 0.25) is 0 Å². The molecule has 2 amide bonds. The van der Waals surface area contributed by atoms with Crippen LogP contribution in [0.15, 0.2) is 48.5 Å². The number of benzene rings is 2. The van der Waals surface area contributed by atoms with Crippen molar-refractivity contribution in [1.29, 1.82) is 0 Å². The largest absolute Gasteiger partial charge is 0.435 e. The van der Waals surface area contributed by atoms with Gasteiger partial charge in [-0.05, 0) is 49.2 Å². The maximum atomic E-state index is 12.6. The zero-order valence-corrected chi connectivity index (χ0v) is 15.3. The van der Waals surface area contributed by atoms with Crippen molar-refractivity contribution in [2.24, 2.45) is 5.92 Å². The topological polar surface area (TPSA) is 67.4 Å². The van der Waals surface area contributed by atoms with Crippen molar-refractivity contribution in [1.82, 2.24) is 5.32 Å². The molecule has 2 N–H and O–H groups in total. The van der Waals surface area contributed by atoms with Crippen LogP contribution in [-0.4, -0.2) is 24.5 Å². The fourth-order valence-electron chi connectivity index (χ4n) is 2.49. The average molecular weight is 376 g/mol. The van der Waals surface area contributed by atoms with E-state index in [-0.39, 0.29) is 17.6 Å². The van der Waals surface area contributed by atoms with Gasteiger partial charge in [-0.1, -0.05) is 31.5 Å². The molecule has 0 aliphatic heterocycles. The van der Waals surface area contributed by atoms with E-state index in [2.05, 4.69) is 15.4 Å². The molecule has 1 atom stereocenters. The molecule has 0 heterocycles. The van der Waals surface area contributed by atoms with Gasteiger partial charge in [-0.25, -0.2) is 0 Å². The molecule has 144 valence electrons. The van der Waals surface area contributed by atoms with Gasteiger partial charge in [0.2, 0.25) is 5.91 Å². The molecule has 0 radical (unpaired) electrons. The fourth-order valence-corrected chi connectivity index (χ4v) is 2.49. The summed E-state index contributed by atoms with van der Waals surface area (Å²) in [6.07, 6.45) is 0. The van der Waals surface area contributed by atoms with E-state index in [1.807, 2.05) is 26.8 Å². The second-order valence-corrected chi connectivity index (χ2v) is 6.46. The van der Waals surface area contributed by atoms with E-state index < -0.39 is 18.6 Å². The summed E-state index contributed by atoms with van der Waals surface area (Å²) >= 11 is 0. The van der Waals surface area contributed by atoms with Crippen LogP contribution >= 0.6 is 0 Å². The Labute approximate surface area is 156 Å². The number of carbonyl (C=O) groups excluding carboxylic acids is 2. The Bertz CT molecular complexity index is 792. The molecule has 27 heavy (non-hydrogen) atoms. The molecule has 7 heteroatoms. The van der Waals surface area contributed by atoms with Crippen LogP contribution in [-0.2, 0) is 4.79 Å². The van der Waals surface area contributed by atoms with Crippen LogP contribution < -0.4 is 15.4 Å². The maximum Gasteiger partial charge on any atom is 0.387 e. The number of amides is 2. The van der Waals surface area contributed by atoms with Gasteiger partial charge in [0.15, 0.2) is 0 Å². The Morgan fingerprint density at radius 2 is 1.70 bits per heavy atom. The number of carbonyl (C=O) groups is 2. The number of hydrogen-bond donors (Lipinski definition) is 2. The Hall–Kier alpha value is -2.96. The number of alkyl halides is 2. The second kappa shape index (κ2) is 9.12. The highest BCUT2D eigenvalue weighted by Gasteiger charge is 2.25. The van der Waals surface area contributed by atoms with E-state index in [0.29, 0.717) is 11.3 Å². The number of aryl methyl sites for hydroxylation is 1. The van der Waals surface area contributed by atoms with E-state index in [9.17, 15) is 18.4 Å². The molecule has 2 aromatic carbocycles. The molecule has 0 saturated carbocycles. The smallest absolute Gasteiger partial charge is 0.387 e. The van der Waals surface area contributed by atoms with Gasteiger partial charge in [0.25, 0.3) is 5.91 Å². The summed E-state index contributed by atoms with van der Waals surface area (Å²) in [5.41, 5.74) is 1.83. The SMILES string of the molecule is Cc1cccc(C(=O)N[C@H](C(=O)Nc2ccc(OC(F)F)cc2)C(C)C)c1. The van der Waals surface area contributed by atoms with Crippen LogP contribution in [0.4, 0.5) is 14.5 Å². The Kier molecular flexibility index (Phi) is 6.87. The van der Waals surface area contributed by atoms with Gasteiger partial charge < -0.3 is 15.4 Å². The quantitative estimate of drug-likeness (QED) is 0.768. The van der Waals surface area contributed by atoms with Crippen molar-refractivity contribution >= 4 is 17.5 Å².